The molecular formula is C19H32N2. The summed E-state index contributed by atoms with van der Waals surface area (Å²) in [7, 11) is 0. The Morgan fingerprint density at radius 1 is 1.05 bits per heavy atom. The molecule has 0 bridgehead atoms. The molecule has 0 spiro atoms. The first kappa shape index (κ1) is 16.5. The minimum absolute atomic E-state index is 0.308. The molecule has 0 amide bonds. The fraction of sp³-hybridized carbons (Fsp3) is 0.684. The third-order valence-electron chi connectivity index (χ3n) is 5.34. The van der Waals surface area contributed by atoms with Gasteiger partial charge in [0.1, 0.15) is 0 Å². The standard InChI is InChI=1S/C19H32N2/c1-4-19(5-2,21-14-10-11-15-21)18(20-6-3)16-17-12-8-7-9-13-17/h7-9,12-13,18,20H,4-6,10-11,14-16H2,1-3H3. The van der Waals surface area contributed by atoms with Gasteiger partial charge in [0.15, 0.2) is 0 Å². The third kappa shape index (κ3) is 3.67. The van der Waals surface area contributed by atoms with E-state index in [0.29, 0.717) is 11.6 Å². The smallest absolute Gasteiger partial charge is 0.0360 e. The van der Waals surface area contributed by atoms with Crippen LogP contribution in [0.2, 0.25) is 0 Å². The van der Waals surface area contributed by atoms with Gasteiger partial charge in [-0.15, -0.1) is 0 Å². The van der Waals surface area contributed by atoms with Gasteiger partial charge in [-0.2, -0.15) is 0 Å². The van der Waals surface area contributed by atoms with Gasteiger partial charge in [0.05, 0.1) is 0 Å². The molecule has 0 aliphatic carbocycles. The first-order chi connectivity index (χ1) is 10.3. The van der Waals surface area contributed by atoms with Crippen molar-refractivity contribution in [2.45, 2.75) is 64.5 Å². The van der Waals surface area contributed by atoms with E-state index in [1.54, 1.807) is 0 Å². The average Bonchev–Trinajstić information content (AvgIpc) is 3.05. The van der Waals surface area contributed by atoms with Gasteiger partial charge in [-0.3, -0.25) is 4.90 Å². The Labute approximate surface area is 130 Å². The van der Waals surface area contributed by atoms with E-state index in [1.165, 1.54) is 44.3 Å². The Balaban J connectivity index is 2.23. The molecule has 1 N–H and O–H groups in total. The molecule has 1 saturated heterocycles. The maximum Gasteiger partial charge on any atom is 0.0360 e. The van der Waals surface area contributed by atoms with E-state index in [9.17, 15) is 0 Å². The van der Waals surface area contributed by atoms with Crippen LogP contribution in [0.25, 0.3) is 0 Å². The summed E-state index contributed by atoms with van der Waals surface area (Å²) in [5.41, 5.74) is 1.76. The molecule has 21 heavy (non-hydrogen) atoms. The minimum atomic E-state index is 0.308. The van der Waals surface area contributed by atoms with Gasteiger partial charge >= 0.3 is 0 Å². The molecule has 2 nitrogen and oxygen atoms in total. The number of hydrogen-bond donors (Lipinski definition) is 1. The van der Waals surface area contributed by atoms with Crippen molar-refractivity contribution in [2.75, 3.05) is 19.6 Å². The van der Waals surface area contributed by atoms with Gasteiger partial charge < -0.3 is 5.32 Å². The first-order valence-electron chi connectivity index (χ1n) is 8.79. The Kier molecular flexibility index (Phi) is 6.25. The van der Waals surface area contributed by atoms with Gasteiger partial charge in [0, 0.05) is 11.6 Å². The number of nitrogens with one attached hydrogen (secondary N) is 1. The summed E-state index contributed by atoms with van der Waals surface area (Å²) in [4.78, 5) is 2.77. The number of rotatable bonds is 8. The molecule has 1 aromatic rings. The Bertz CT molecular complexity index is 391. The fourth-order valence-electron chi connectivity index (χ4n) is 4.12. The summed E-state index contributed by atoms with van der Waals surface area (Å²) in [6.45, 7) is 10.6. The fourth-order valence-corrected chi connectivity index (χ4v) is 4.12. The van der Waals surface area contributed by atoms with Gasteiger partial charge in [-0.1, -0.05) is 51.1 Å². The van der Waals surface area contributed by atoms with Gasteiger partial charge in [0.2, 0.25) is 0 Å². The molecule has 1 heterocycles. The largest absolute Gasteiger partial charge is 0.312 e. The van der Waals surface area contributed by atoms with Crippen molar-refractivity contribution in [3.05, 3.63) is 35.9 Å². The van der Waals surface area contributed by atoms with Crippen molar-refractivity contribution in [3.63, 3.8) is 0 Å². The second-order valence-electron chi connectivity index (χ2n) is 6.30. The van der Waals surface area contributed by atoms with E-state index in [2.05, 4.69) is 61.3 Å². The number of likely N-dealkylation sites (tertiary alicyclic amines) is 1. The highest BCUT2D eigenvalue weighted by Crippen LogP contribution is 2.33. The molecule has 0 radical (unpaired) electrons. The molecule has 2 heteroatoms. The molecule has 118 valence electrons. The predicted octanol–water partition coefficient (Wildman–Crippen LogP) is 3.86. The molecule has 1 aliphatic heterocycles. The topological polar surface area (TPSA) is 15.3 Å². The van der Waals surface area contributed by atoms with Gasteiger partial charge in [-0.25, -0.2) is 0 Å². The van der Waals surface area contributed by atoms with Crippen LogP contribution in [0.5, 0.6) is 0 Å². The van der Waals surface area contributed by atoms with Crippen molar-refractivity contribution >= 4 is 0 Å². The van der Waals surface area contributed by atoms with Gasteiger partial charge in [-0.05, 0) is 57.3 Å². The average molecular weight is 288 g/mol. The van der Waals surface area contributed by atoms with E-state index in [0.717, 1.165) is 13.0 Å². The normalized spacial score (nSPS) is 18.0. The van der Waals surface area contributed by atoms with E-state index in [4.69, 9.17) is 0 Å². The third-order valence-corrected chi connectivity index (χ3v) is 5.34. The zero-order valence-corrected chi connectivity index (χ0v) is 14.1. The van der Waals surface area contributed by atoms with E-state index in [-0.39, 0.29) is 0 Å². The Morgan fingerprint density at radius 3 is 2.19 bits per heavy atom. The van der Waals surface area contributed by atoms with E-state index >= 15 is 0 Å². The number of likely N-dealkylation sites (N-methyl/N-ethyl adjacent to an activating group) is 1. The van der Waals surface area contributed by atoms with Crippen molar-refractivity contribution in [1.82, 2.24) is 10.2 Å². The lowest BCUT2D eigenvalue weighted by Gasteiger charge is -2.47. The Morgan fingerprint density at radius 2 is 1.67 bits per heavy atom. The molecule has 2 rings (SSSR count). The van der Waals surface area contributed by atoms with Crippen LogP contribution in [0.1, 0.15) is 52.0 Å². The van der Waals surface area contributed by atoms with Crippen molar-refractivity contribution < 1.29 is 0 Å². The van der Waals surface area contributed by atoms with Crippen LogP contribution in [0.15, 0.2) is 30.3 Å². The zero-order valence-electron chi connectivity index (χ0n) is 14.1. The molecule has 1 fully saturated rings. The molecule has 1 aliphatic rings. The SMILES string of the molecule is CCNC(Cc1ccccc1)C(CC)(CC)N1CCCC1. The quantitative estimate of drug-likeness (QED) is 0.781. The summed E-state index contributed by atoms with van der Waals surface area (Å²) >= 11 is 0. The summed E-state index contributed by atoms with van der Waals surface area (Å²) in [5, 5.41) is 3.81. The molecule has 1 atom stereocenters. The maximum absolute atomic E-state index is 3.81. The number of nitrogens with zero attached hydrogens (tertiary/aromatic N) is 1. The zero-order chi connectivity index (χ0) is 15.1. The summed E-state index contributed by atoms with van der Waals surface area (Å²) in [6, 6.07) is 11.5. The Hall–Kier alpha value is -0.860. The van der Waals surface area contributed by atoms with Crippen LogP contribution in [-0.4, -0.2) is 36.1 Å². The van der Waals surface area contributed by atoms with E-state index in [1.807, 2.05) is 0 Å². The summed E-state index contributed by atoms with van der Waals surface area (Å²) in [6.07, 6.45) is 6.33. The van der Waals surface area contributed by atoms with Crippen molar-refractivity contribution in [3.8, 4) is 0 Å². The van der Waals surface area contributed by atoms with Crippen LogP contribution >= 0.6 is 0 Å². The van der Waals surface area contributed by atoms with Crippen molar-refractivity contribution in [1.29, 1.82) is 0 Å². The monoisotopic (exact) mass is 288 g/mol. The van der Waals surface area contributed by atoms with Crippen LogP contribution in [0, 0.1) is 0 Å². The van der Waals surface area contributed by atoms with Gasteiger partial charge in [0.25, 0.3) is 0 Å². The number of benzene rings is 1. The lowest BCUT2D eigenvalue weighted by Crippen LogP contribution is -2.61. The van der Waals surface area contributed by atoms with Crippen LogP contribution in [-0.2, 0) is 6.42 Å². The predicted molar refractivity (Wildman–Crippen MR) is 91.7 cm³/mol. The molecule has 1 unspecified atom stereocenters. The number of hydrogen-bond acceptors (Lipinski definition) is 2. The highest BCUT2D eigenvalue weighted by Gasteiger charge is 2.41. The van der Waals surface area contributed by atoms with Crippen molar-refractivity contribution in [2.24, 2.45) is 0 Å². The van der Waals surface area contributed by atoms with Crippen LogP contribution in [0.4, 0.5) is 0 Å². The van der Waals surface area contributed by atoms with E-state index < -0.39 is 0 Å². The molecule has 0 aromatic heterocycles. The molecule has 1 aromatic carbocycles. The van der Waals surface area contributed by atoms with Crippen LogP contribution < -0.4 is 5.32 Å². The first-order valence-corrected chi connectivity index (χ1v) is 8.79. The highest BCUT2D eigenvalue weighted by molar-refractivity contribution is 5.18. The summed E-state index contributed by atoms with van der Waals surface area (Å²) < 4.78 is 0. The summed E-state index contributed by atoms with van der Waals surface area (Å²) in [5.74, 6) is 0. The minimum Gasteiger partial charge on any atom is -0.312 e. The second kappa shape index (κ2) is 7.95. The van der Waals surface area contributed by atoms with Crippen LogP contribution in [0.3, 0.4) is 0 Å². The highest BCUT2D eigenvalue weighted by atomic mass is 15.2. The molecular weight excluding hydrogens is 256 g/mol. The maximum atomic E-state index is 3.81. The molecule has 0 saturated carbocycles. The second-order valence-corrected chi connectivity index (χ2v) is 6.30. The lowest BCUT2D eigenvalue weighted by molar-refractivity contribution is 0.0627. The lowest BCUT2D eigenvalue weighted by atomic mass is 9.79.